The number of phenolic OH excluding ortho intramolecular Hbond substituents is 2. The van der Waals surface area contributed by atoms with Crippen molar-refractivity contribution in [2.24, 2.45) is 0 Å². The second kappa shape index (κ2) is 5.29. The number of carboxylic acids is 1. The van der Waals surface area contributed by atoms with Crippen molar-refractivity contribution in [3.05, 3.63) is 59.8 Å². The summed E-state index contributed by atoms with van der Waals surface area (Å²) >= 11 is 0. The molecule has 0 saturated heterocycles. The first kappa shape index (κ1) is 13.8. The highest BCUT2D eigenvalue weighted by atomic mass is 16.4. The Balaban J connectivity index is 2.15. The summed E-state index contributed by atoms with van der Waals surface area (Å²) in [6.07, 6.45) is 3.10. The van der Waals surface area contributed by atoms with Gasteiger partial charge in [-0.1, -0.05) is 24.3 Å². The molecule has 0 saturated carbocycles. The van der Waals surface area contributed by atoms with E-state index >= 15 is 0 Å². The van der Waals surface area contributed by atoms with Gasteiger partial charge in [0.15, 0.2) is 11.5 Å². The lowest BCUT2D eigenvalue weighted by atomic mass is 10.0. The molecule has 0 bridgehead atoms. The molecule has 2 aromatic carbocycles. The molecule has 0 aliphatic rings. The number of para-hydroxylation sites is 1. The number of aromatic nitrogens is 1. The minimum Gasteiger partial charge on any atom is -0.504 e. The van der Waals surface area contributed by atoms with Crippen LogP contribution >= 0.6 is 0 Å². The molecule has 110 valence electrons. The number of fused-ring (bicyclic) bond motifs is 1. The SMILES string of the molecule is O=C(O)/C(=C\c1ccc(O)c(O)c1)c1c[nH]c2ccccc12. The lowest BCUT2D eigenvalue weighted by molar-refractivity contribution is -0.130. The van der Waals surface area contributed by atoms with Crippen LogP contribution in [0.4, 0.5) is 0 Å². The summed E-state index contributed by atoms with van der Waals surface area (Å²) in [6, 6.07) is 11.6. The van der Waals surface area contributed by atoms with Crippen LogP contribution in [0.2, 0.25) is 0 Å². The van der Waals surface area contributed by atoms with Gasteiger partial charge >= 0.3 is 5.97 Å². The van der Waals surface area contributed by atoms with E-state index in [9.17, 15) is 20.1 Å². The smallest absolute Gasteiger partial charge is 0.336 e. The highest BCUT2D eigenvalue weighted by molar-refractivity contribution is 6.23. The standard InChI is InChI=1S/C17H13NO4/c19-15-6-5-10(8-16(15)20)7-12(17(21)22)13-9-18-14-4-2-1-3-11(13)14/h1-9,18-20H,(H,21,22)/b12-7-. The first-order valence-corrected chi connectivity index (χ1v) is 6.60. The van der Waals surface area contributed by atoms with Gasteiger partial charge in [0.2, 0.25) is 0 Å². The largest absolute Gasteiger partial charge is 0.504 e. The lowest BCUT2D eigenvalue weighted by Crippen LogP contribution is -1.99. The van der Waals surface area contributed by atoms with Crippen molar-refractivity contribution in [2.75, 3.05) is 0 Å². The minimum atomic E-state index is -1.07. The molecular formula is C17H13NO4. The summed E-state index contributed by atoms with van der Waals surface area (Å²) in [7, 11) is 0. The van der Waals surface area contributed by atoms with Crippen molar-refractivity contribution < 1.29 is 20.1 Å². The van der Waals surface area contributed by atoms with Crippen LogP contribution in [0.1, 0.15) is 11.1 Å². The summed E-state index contributed by atoms with van der Waals surface area (Å²) in [5, 5.41) is 29.1. The zero-order chi connectivity index (χ0) is 15.7. The van der Waals surface area contributed by atoms with E-state index in [-0.39, 0.29) is 17.1 Å². The Morgan fingerprint density at radius 3 is 2.55 bits per heavy atom. The number of phenols is 2. The molecule has 0 aliphatic carbocycles. The quantitative estimate of drug-likeness (QED) is 0.441. The van der Waals surface area contributed by atoms with Crippen molar-refractivity contribution >= 4 is 28.5 Å². The van der Waals surface area contributed by atoms with E-state index in [1.807, 2.05) is 24.3 Å². The minimum absolute atomic E-state index is 0.0996. The van der Waals surface area contributed by atoms with Gasteiger partial charge in [-0.3, -0.25) is 0 Å². The molecule has 0 fully saturated rings. The van der Waals surface area contributed by atoms with Crippen molar-refractivity contribution in [2.45, 2.75) is 0 Å². The van der Waals surface area contributed by atoms with Crippen molar-refractivity contribution in [1.29, 1.82) is 0 Å². The van der Waals surface area contributed by atoms with Gasteiger partial charge < -0.3 is 20.3 Å². The monoisotopic (exact) mass is 295 g/mol. The maximum atomic E-state index is 11.6. The number of hydrogen-bond acceptors (Lipinski definition) is 3. The van der Waals surface area contributed by atoms with Crippen LogP contribution < -0.4 is 0 Å². The molecule has 0 unspecified atom stereocenters. The van der Waals surface area contributed by atoms with Crippen LogP contribution in [0.3, 0.4) is 0 Å². The number of aromatic amines is 1. The third-order valence-electron chi connectivity index (χ3n) is 3.42. The van der Waals surface area contributed by atoms with Gasteiger partial charge in [0, 0.05) is 22.7 Å². The average molecular weight is 295 g/mol. The molecule has 1 heterocycles. The van der Waals surface area contributed by atoms with Gasteiger partial charge in [-0.2, -0.15) is 0 Å². The zero-order valence-electron chi connectivity index (χ0n) is 11.4. The van der Waals surface area contributed by atoms with Crippen LogP contribution in [0.5, 0.6) is 11.5 Å². The van der Waals surface area contributed by atoms with Gasteiger partial charge in [-0.15, -0.1) is 0 Å². The fraction of sp³-hybridized carbons (Fsp3) is 0. The molecule has 5 heteroatoms. The lowest BCUT2D eigenvalue weighted by Gasteiger charge is -2.03. The van der Waals surface area contributed by atoms with Gasteiger partial charge in [0.05, 0.1) is 5.57 Å². The van der Waals surface area contributed by atoms with Crippen LogP contribution in [0.25, 0.3) is 22.6 Å². The van der Waals surface area contributed by atoms with Gasteiger partial charge in [-0.05, 0) is 29.8 Å². The molecule has 3 rings (SSSR count). The molecule has 22 heavy (non-hydrogen) atoms. The fourth-order valence-corrected chi connectivity index (χ4v) is 2.35. The summed E-state index contributed by atoms with van der Waals surface area (Å²) < 4.78 is 0. The molecule has 1 aromatic heterocycles. The van der Waals surface area contributed by atoms with Gasteiger partial charge in [0.25, 0.3) is 0 Å². The topological polar surface area (TPSA) is 93.6 Å². The predicted octanol–water partition coefficient (Wildman–Crippen LogP) is 3.20. The van der Waals surface area contributed by atoms with Gasteiger partial charge in [0.1, 0.15) is 0 Å². The Morgan fingerprint density at radius 1 is 1.05 bits per heavy atom. The maximum absolute atomic E-state index is 11.6. The van der Waals surface area contributed by atoms with E-state index in [1.54, 1.807) is 6.20 Å². The molecule has 4 N–H and O–H groups in total. The van der Waals surface area contributed by atoms with Gasteiger partial charge in [-0.25, -0.2) is 4.79 Å². The number of benzene rings is 2. The van der Waals surface area contributed by atoms with Crippen LogP contribution in [-0.4, -0.2) is 26.3 Å². The highest BCUT2D eigenvalue weighted by Crippen LogP contribution is 2.30. The summed E-state index contributed by atoms with van der Waals surface area (Å²) in [6.45, 7) is 0. The number of nitrogens with one attached hydrogen (secondary N) is 1. The molecule has 0 spiro atoms. The Labute approximate surface area is 125 Å². The van der Waals surface area contributed by atoms with Crippen LogP contribution in [0, 0.1) is 0 Å². The Bertz CT molecular complexity index is 893. The summed E-state index contributed by atoms with van der Waals surface area (Å²) in [5.74, 6) is -1.61. The number of aliphatic carboxylic acids is 1. The second-order valence-corrected chi connectivity index (χ2v) is 4.86. The van der Waals surface area contributed by atoms with Crippen LogP contribution in [0.15, 0.2) is 48.7 Å². The number of H-pyrrole nitrogens is 1. The first-order valence-electron chi connectivity index (χ1n) is 6.60. The molecular weight excluding hydrogens is 282 g/mol. The Kier molecular flexibility index (Phi) is 3.31. The molecule has 0 radical (unpaired) electrons. The normalized spacial score (nSPS) is 11.7. The average Bonchev–Trinajstić information content (AvgIpc) is 2.92. The van der Waals surface area contributed by atoms with E-state index in [4.69, 9.17) is 0 Å². The molecule has 3 aromatic rings. The summed E-state index contributed by atoms with van der Waals surface area (Å²) in [4.78, 5) is 14.6. The Hall–Kier alpha value is -3.21. The first-order chi connectivity index (χ1) is 10.6. The third-order valence-corrected chi connectivity index (χ3v) is 3.42. The number of hydrogen-bond donors (Lipinski definition) is 4. The van der Waals surface area contributed by atoms with E-state index < -0.39 is 5.97 Å². The maximum Gasteiger partial charge on any atom is 0.336 e. The number of aromatic hydroxyl groups is 2. The van der Waals surface area contributed by atoms with E-state index in [1.165, 1.54) is 24.3 Å². The van der Waals surface area contributed by atoms with Crippen molar-refractivity contribution in [3.63, 3.8) is 0 Å². The third kappa shape index (κ3) is 2.40. The highest BCUT2D eigenvalue weighted by Gasteiger charge is 2.15. The fourth-order valence-electron chi connectivity index (χ4n) is 2.35. The van der Waals surface area contributed by atoms with Crippen LogP contribution in [-0.2, 0) is 4.79 Å². The van der Waals surface area contributed by atoms with E-state index in [2.05, 4.69) is 4.98 Å². The molecule has 0 aliphatic heterocycles. The number of rotatable bonds is 3. The second-order valence-electron chi connectivity index (χ2n) is 4.86. The summed E-state index contributed by atoms with van der Waals surface area (Å²) in [5.41, 5.74) is 1.99. The van der Waals surface area contributed by atoms with E-state index in [0.29, 0.717) is 11.1 Å². The molecule has 0 atom stereocenters. The van der Waals surface area contributed by atoms with Crippen molar-refractivity contribution in [1.82, 2.24) is 4.98 Å². The zero-order valence-corrected chi connectivity index (χ0v) is 11.4. The number of carbonyl (C=O) groups is 1. The molecule has 0 amide bonds. The number of carboxylic acid groups (broad SMARTS) is 1. The van der Waals surface area contributed by atoms with E-state index in [0.717, 1.165) is 10.9 Å². The predicted molar refractivity (Wildman–Crippen MR) is 83.6 cm³/mol. The van der Waals surface area contributed by atoms with Crippen molar-refractivity contribution in [3.8, 4) is 11.5 Å². The Morgan fingerprint density at radius 2 is 1.82 bits per heavy atom. The molecule has 5 nitrogen and oxygen atoms in total.